The summed E-state index contributed by atoms with van der Waals surface area (Å²) >= 11 is 0. The summed E-state index contributed by atoms with van der Waals surface area (Å²) in [5, 5.41) is 14.5. The lowest BCUT2D eigenvalue weighted by Crippen LogP contribution is -2.40. The quantitative estimate of drug-likeness (QED) is 0.828. The Morgan fingerprint density at radius 1 is 1.10 bits per heavy atom. The average Bonchev–Trinajstić information content (AvgIpc) is 2.48. The van der Waals surface area contributed by atoms with E-state index in [1.807, 2.05) is 0 Å². The maximum absolute atomic E-state index is 10.9. The first-order valence-electron chi connectivity index (χ1n) is 8.23. The fourth-order valence-electron chi connectivity index (χ4n) is 3.21. The van der Waals surface area contributed by atoms with Crippen molar-refractivity contribution in [3.63, 3.8) is 0 Å². The molecule has 0 aliphatic heterocycles. The minimum atomic E-state index is -0.602. The Morgan fingerprint density at radius 2 is 1.75 bits per heavy atom. The molecule has 0 bridgehead atoms. The number of benzene rings is 1. The van der Waals surface area contributed by atoms with E-state index >= 15 is 0 Å². The highest BCUT2D eigenvalue weighted by Gasteiger charge is 2.34. The zero-order valence-corrected chi connectivity index (χ0v) is 13.0. The van der Waals surface area contributed by atoms with E-state index < -0.39 is 5.60 Å². The van der Waals surface area contributed by atoms with Gasteiger partial charge >= 0.3 is 0 Å². The normalized spacial score (nSPS) is 26.6. The predicted octanol–water partition coefficient (Wildman–Crippen LogP) is 3.77. The zero-order valence-electron chi connectivity index (χ0n) is 13.0. The van der Waals surface area contributed by atoms with Gasteiger partial charge in [-0.3, -0.25) is 0 Å². The van der Waals surface area contributed by atoms with Crippen LogP contribution in [0.3, 0.4) is 0 Å². The summed E-state index contributed by atoms with van der Waals surface area (Å²) in [6.45, 7) is 5.49. The summed E-state index contributed by atoms with van der Waals surface area (Å²) in [6.07, 6.45) is 7.39. The van der Waals surface area contributed by atoms with Crippen LogP contribution >= 0.6 is 0 Å². The van der Waals surface area contributed by atoms with E-state index in [2.05, 4.69) is 43.4 Å². The zero-order chi connectivity index (χ0) is 14.4. The highest BCUT2D eigenvalue weighted by atomic mass is 16.3. The van der Waals surface area contributed by atoms with Crippen LogP contribution in [0.2, 0.25) is 0 Å². The monoisotopic (exact) mass is 275 g/mol. The van der Waals surface area contributed by atoms with Crippen molar-refractivity contribution in [2.75, 3.05) is 6.54 Å². The van der Waals surface area contributed by atoms with E-state index in [-0.39, 0.29) is 0 Å². The van der Waals surface area contributed by atoms with Gasteiger partial charge in [-0.15, -0.1) is 0 Å². The van der Waals surface area contributed by atoms with E-state index in [0.717, 1.165) is 44.2 Å². The van der Waals surface area contributed by atoms with Gasteiger partial charge in [0.15, 0.2) is 0 Å². The summed E-state index contributed by atoms with van der Waals surface area (Å²) in [7, 11) is 0. The third-order valence-electron chi connectivity index (χ3n) is 4.53. The maximum atomic E-state index is 10.9. The molecule has 0 saturated heterocycles. The molecule has 2 rings (SSSR count). The second-order valence-electron chi connectivity index (χ2n) is 6.21. The number of hydrogen-bond acceptors (Lipinski definition) is 2. The van der Waals surface area contributed by atoms with Crippen molar-refractivity contribution < 1.29 is 5.11 Å². The number of aliphatic hydroxyl groups is 1. The highest BCUT2D eigenvalue weighted by Crippen LogP contribution is 2.37. The molecule has 112 valence electrons. The van der Waals surface area contributed by atoms with Crippen molar-refractivity contribution in [1.82, 2.24) is 5.32 Å². The Balaban J connectivity index is 1.94. The molecule has 0 aromatic heterocycles. The Labute approximate surface area is 123 Å². The summed E-state index contributed by atoms with van der Waals surface area (Å²) in [5.74, 6) is 0. The van der Waals surface area contributed by atoms with Crippen molar-refractivity contribution in [2.24, 2.45) is 0 Å². The van der Waals surface area contributed by atoms with Gasteiger partial charge in [0, 0.05) is 6.04 Å². The summed E-state index contributed by atoms with van der Waals surface area (Å²) in [4.78, 5) is 0. The molecule has 20 heavy (non-hydrogen) atoms. The van der Waals surface area contributed by atoms with Crippen molar-refractivity contribution in [3.8, 4) is 0 Å². The van der Waals surface area contributed by atoms with E-state index in [1.165, 1.54) is 18.4 Å². The largest absolute Gasteiger partial charge is 0.385 e. The maximum Gasteiger partial charge on any atom is 0.0897 e. The fraction of sp³-hybridized carbons (Fsp3) is 0.667. The predicted molar refractivity (Wildman–Crippen MR) is 84.9 cm³/mol. The van der Waals surface area contributed by atoms with Gasteiger partial charge in [0.25, 0.3) is 0 Å². The molecule has 0 atom stereocenters. The molecular weight excluding hydrogens is 246 g/mol. The van der Waals surface area contributed by atoms with Crippen LogP contribution in [0.25, 0.3) is 0 Å². The number of aryl methyl sites for hydroxylation is 1. The molecule has 2 nitrogen and oxygen atoms in total. The molecule has 1 saturated carbocycles. The molecule has 1 fully saturated rings. The lowest BCUT2D eigenvalue weighted by Gasteiger charge is -2.37. The third kappa shape index (κ3) is 3.83. The number of nitrogens with one attached hydrogen (secondary N) is 1. The molecule has 0 spiro atoms. The third-order valence-corrected chi connectivity index (χ3v) is 4.53. The molecular formula is C18H29NO. The molecule has 1 aliphatic rings. The van der Waals surface area contributed by atoms with E-state index in [9.17, 15) is 5.11 Å². The molecule has 1 aliphatic carbocycles. The van der Waals surface area contributed by atoms with Crippen molar-refractivity contribution in [2.45, 2.75) is 70.4 Å². The van der Waals surface area contributed by atoms with Crippen LogP contribution in [-0.4, -0.2) is 17.7 Å². The first kappa shape index (κ1) is 15.5. The van der Waals surface area contributed by atoms with Crippen LogP contribution in [0, 0.1) is 0 Å². The Bertz CT molecular complexity index is 390. The molecule has 0 heterocycles. The average molecular weight is 275 g/mol. The lowest BCUT2D eigenvalue weighted by atomic mass is 9.77. The first-order chi connectivity index (χ1) is 9.68. The number of rotatable bonds is 6. The van der Waals surface area contributed by atoms with Crippen molar-refractivity contribution in [3.05, 3.63) is 35.4 Å². The molecule has 0 unspecified atom stereocenters. The van der Waals surface area contributed by atoms with Gasteiger partial charge in [-0.25, -0.2) is 0 Å². The minimum absolute atomic E-state index is 0.592. The van der Waals surface area contributed by atoms with Gasteiger partial charge in [-0.2, -0.15) is 0 Å². The molecule has 0 amide bonds. The topological polar surface area (TPSA) is 32.3 Å². The lowest BCUT2D eigenvalue weighted by molar-refractivity contribution is -0.00827. The highest BCUT2D eigenvalue weighted by molar-refractivity contribution is 5.28. The fourth-order valence-corrected chi connectivity index (χ4v) is 3.21. The van der Waals surface area contributed by atoms with Crippen LogP contribution in [-0.2, 0) is 12.0 Å². The van der Waals surface area contributed by atoms with Crippen LogP contribution in [0.5, 0.6) is 0 Å². The van der Waals surface area contributed by atoms with Gasteiger partial charge in [0.05, 0.1) is 5.60 Å². The minimum Gasteiger partial charge on any atom is -0.385 e. The first-order valence-corrected chi connectivity index (χ1v) is 8.23. The van der Waals surface area contributed by atoms with Gasteiger partial charge in [-0.05, 0) is 56.2 Å². The Kier molecular flexibility index (Phi) is 5.62. The summed E-state index contributed by atoms with van der Waals surface area (Å²) < 4.78 is 0. The van der Waals surface area contributed by atoms with Gasteiger partial charge < -0.3 is 10.4 Å². The van der Waals surface area contributed by atoms with Crippen LogP contribution < -0.4 is 5.32 Å². The summed E-state index contributed by atoms with van der Waals surface area (Å²) in [5.41, 5.74) is 1.87. The van der Waals surface area contributed by atoms with E-state index in [4.69, 9.17) is 0 Å². The SMILES string of the molecule is CCCNC1CCC(O)(c2ccc(CCC)cc2)CC1. The molecule has 0 radical (unpaired) electrons. The smallest absolute Gasteiger partial charge is 0.0897 e. The van der Waals surface area contributed by atoms with Gasteiger partial charge in [0.1, 0.15) is 0 Å². The second-order valence-corrected chi connectivity index (χ2v) is 6.21. The van der Waals surface area contributed by atoms with Gasteiger partial charge in [0.2, 0.25) is 0 Å². The Hall–Kier alpha value is -0.860. The van der Waals surface area contributed by atoms with Crippen LogP contribution in [0.15, 0.2) is 24.3 Å². The Morgan fingerprint density at radius 3 is 2.30 bits per heavy atom. The molecule has 2 N–H and O–H groups in total. The van der Waals surface area contributed by atoms with Crippen LogP contribution in [0.4, 0.5) is 0 Å². The summed E-state index contributed by atoms with van der Waals surface area (Å²) in [6, 6.07) is 9.21. The second kappa shape index (κ2) is 7.24. The standard InChI is InChI=1S/C18H29NO/c1-3-5-15-6-8-16(9-7-15)18(20)12-10-17(11-13-18)19-14-4-2/h6-9,17,19-20H,3-5,10-14H2,1-2H3. The van der Waals surface area contributed by atoms with Crippen molar-refractivity contribution >= 4 is 0 Å². The molecule has 1 aromatic carbocycles. The van der Waals surface area contributed by atoms with Crippen molar-refractivity contribution in [1.29, 1.82) is 0 Å². The molecule has 2 heteroatoms. The van der Waals surface area contributed by atoms with Gasteiger partial charge in [-0.1, -0.05) is 44.5 Å². The number of hydrogen-bond donors (Lipinski definition) is 2. The van der Waals surface area contributed by atoms with E-state index in [0.29, 0.717) is 6.04 Å². The van der Waals surface area contributed by atoms with Crippen LogP contribution in [0.1, 0.15) is 63.5 Å². The molecule has 1 aromatic rings. The van der Waals surface area contributed by atoms with E-state index in [1.54, 1.807) is 0 Å².